The fourth-order valence-electron chi connectivity index (χ4n) is 5.44. The Morgan fingerprint density at radius 3 is 2.38 bits per heavy atom. The summed E-state index contributed by atoms with van der Waals surface area (Å²) in [6.45, 7) is 0. The van der Waals surface area contributed by atoms with Crippen molar-refractivity contribution >= 4 is 55.5 Å². The molecule has 162 valence electrons. The van der Waals surface area contributed by atoms with Crippen LogP contribution in [0.15, 0.2) is 103 Å². The highest BCUT2D eigenvalue weighted by Gasteiger charge is 2.20. The number of hydrogen-bond acceptors (Lipinski definition) is 2. The molecule has 7 aromatic rings. The summed E-state index contributed by atoms with van der Waals surface area (Å²) >= 11 is 0. The van der Waals surface area contributed by atoms with Gasteiger partial charge in [0.2, 0.25) is 0 Å². The van der Waals surface area contributed by atoms with Crippen LogP contribution < -0.4 is 21.9 Å². The monoisotopic (exact) mass is 438 g/mol. The van der Waals surface area contributed by atoms with Gasteiger partial charge in [-0.1, -0.05) is 66.7 Å². The van der Waals surface area contributed by atoms with E-state index in [-0.39, 0.29) is 0 Å². The molecule has 0 unspecified atom stereocenters. The van der Waals surface area contributed by atoms with Gasteiger partial charge in [-0.3, -0.25) is 4.57 Å². The summed E-state index contributed by atoms with van der Waals surface area (Å²) in [5.41, 5.74) is 17.4. The van der Waals surface area contributed by atoms with Crippen molar-refractivity contribution in [2.75, 3.05) is 0 Å². The molecule has 0 amide bonds. The zero-order valence-electron chi connectivity index (χ0n) is 18.4. The number of aromatic nitrogens is 2. The molecular formula is C30H22N4. The second-order valence-corrected chi connectivity index (χ2v) is 8.69. The summed E-state index contributed by atoms with van der Waals surface area (Å²) in [7, 11) is 0. The van der Waals surface area contributed by atoms with E-state index < -0.39 is 0 Å². The molecular weight excluding hydrogens is 416 g/mol. The van der Waals surface area contributed by atoms with Crippen molar-refractivity contribution in [1.82, 2.24) is 9.13 Å². The van der Waals surface area contributed by atoms with Gasteiger partial charge in [-0.15, -0.1) is 0 Å². The molecule has 0 fully saturated rings. The molecule has 7 rings (SSSR count). The lowest BCUT2D eigenvalue weighted by atomic mass is 10.0. The maximum atomic E-state index is 6.91. The van der Waals surface area contributed by atoms with E-state index in [2.05, 4.69) is 82.1 Å². The van der Waals surface area contributed by atoms with Crippen LogP contribution in [0.4, 0.5) is 0 Å². The zero-order valence-corrected chi connectivity index (χ0v) is 18.4. The van der Waals surface area contributed by atoms with Gasteiger partial charge in [-0.2, -0.15) is 0 Å². The third-order valence-corrected chi connectivity index (χ3v) is 6.92. The first-order valence-corrected chi connectivity index (χ1v) is 11.4. The van der Waals surface area contributed by atoms with Crippen LogP contribution in [0.1, 0.15) is 0 Å². The number of hydrogen-bond donors (Lipinski definition) is 2. The summed E-state index contributed by atoms with van der Waals surface area (Å²) in [6.07, 6.45) is 3.77. The maximum absolute atomic E-state index is 6.91. The molecule has 0 aliphatic carbocycles. The number of rotatable bonds is 2. The van der Waals surface area contributed by atoms with Crippen molar-refractivity contribution in [1.29, 1.82) is 0 Å². The molecule has 34 heavy (non-hydrogen) atoms. The minimum atomic E-state index is 0.671. The van der Waals surface area contributed by atoms with E-state index in [0.29, 0.717) is 5.82 Å². The first kappa shape index (κ1) is 18.8. The normalized spacial score (nSPS) is 13.6. The van der Waals surface area contributed by atoms with E-state index in [1.54, 1.807) is 6.20 Å². The van der Waals surface area contributed by atoms with Gasteiger partial charge in [0.05, 0.1) is 16.6 Å². The SMILES string of the molecule is N/C=c1/cccc/c1=C(/N)n1c2cccc3ccc4c(c32)c1cc1ccn(-c2ccccc2)c14. The van der Waals surface area contributed by atoms with Crippen LogP contribution >= 0.6 is 0 Å². The summed E-state index contributed by atoms with van der Waals surface area (Å²) in [6, 6.07) is 33.8. The van der Waals surface area contributed by atoms with E-state index in [4.69, 9.17) is 11.5 Å². The van der Waals surface area contributed by atoms with Gasteiger partial charge in [0.1, 0.15) is 5.82 Å². The van der Waals surface area contributed by atoms with Crippen LogP contribution in [0, 0.1) is 0 Å². The zero-order chi connectivity index (χ0) is 22.8. The summed E-state index contributed by atoms with van der Waals surface area (Å²) < 4.78 is 4.46. The summed E-state index contributed by atoms with van der Waals surface area (Å²) in [5.74, 6) is 0.671. The highest BCUT2D eigenvalue weighted by molar-refractivity contribution is 6.29. The Balaban J connectivity index is 1.71. The number of nitrogens with zero attached hydrogens (tertiary/aromatic N) is 2. The molecule has 5 aromatic carbocycles. The Hall–Kier alpha value is -4.70. The van der Waals surface area contributed by atoms with Crippen LogP contribution in [0.3, 0.4) is 0 Å². The topological polar surface area (TPSA) is 61.9 Å². The largest absolute Gasteiger partial charge is 0.404 e. The summed E-state index contributed by atoms with van der Waals surface area (Å²) in [4.78, 5) is 0. The fourth-order valence-corrected chi connectivity index (χ4v) is 5.44. The fraction of sp³-hybridized carbons (Fsp3) is 0. The molecule has 0 bridgehead atoms. The minimum absolute atomic E-state index is 0.671. The van der Waals surface area contributed by atoms with Crippen molar-refractivity contribution in [3.05, 3.63) is 114 Å². The van der Waals surface area contributed by atoms with Gasteiger partial charge < -0.3 is 16.0 Å². The number of para-hydroxylation sites is 1. The van der Waals surface area contributed by atoms with E-state index in [9.17, 15) is 0 Å². The van der Waals surface area contributed by atoms with Gasteiger partial charge in [0, 0.05) is 50.1 Å². The molecule has 0 saturated heterocycles. The van der Waals surface area contributed by atoms with E-state index >= 15 is 0 Å². The van der Waals surface area contributed by atoms with Crippen LogP contribution in [0.25, 0.3) is 61.2 Å². The maximum Gasteiger partial charge on any atom is 0.116 e. The van der Waals surface area contributed by atoms with Gasteiger partial charge in [0.25, 0.3) is 0 Å². The quantitative estimate of drug-likeness (QED) is 0.388. The minimum Gasteiger partial charge on any atom is -0.404 e. The second kappa shape index (κ2) is 6.90. The number of fused-ring (bicyclic) bond motifs is 2. The Labute approximate surface area is 195 Å². The molecule has 4 heteroatoms. The lowest BCUT2D eigenvalue weighted by Gasteiger charge is -2.10. The number of benzene rings is 5. The lowest BCUT2D eigenvalue weighted by molar-refractivity contribution is 1.13. The predicted octanol–water partition coefficient (Wildman–Crippen LogP) is 4.60. The Bertz CT molecular complexity index is 1970. The third kappa shape index (κ3) is 2.42. The molecule has 0 aliphatic rings. The van der Waals surface area contributed by atoms with Crippen LogP contribution in [-0.2, 0) is 0 Å². The molecule has 0 saturated carbocycles. The van der Waals surface area contributed by atoms with E-state index in [1.807, 2.05) is 30.3 Å². The van der Waals surface area contributed by atoms with Crippen LogP contribution in [0.5, 0.6) is 0 Å². The molecule has 4 nitrogen and oxygen atoms in total. The first-order chi connectivity index (χ1) is 16.8. The van der Waals surface area contributed by atoms with Gasteiger partial charge in [0.15, 0.2) is 0 Å². The molecule has 0 radical (unpaired) electrons. The van der Waals surface area contributed by atoms with Gasteiger partial charge in [-0.25, -0.2) is 0 Å². The molecule has 0 atom stereocenters. The molecule has 0 aliphatic heterocycles. The molecule has 2 aromatic heterocycles. The predicted molar refractivity (Wildman–Crippen MR) is 142 cm³/mol. The Morgan fingerprint density at radius 2 is 1.53 bits per heavy atom. The van der Waals surface area contributed by atoms with Crippen LogP contribution in [-0.4, -0.2) is 9.13 Å². The van der Waals surface area contributed by atoms with Gasteiger partial charge >= 0.3 is 0 Å². The highest BCUT2D eigenvalue weighted by Crippen LogP contribution is 2.41. The van der Waals surface area contributed by atoms with Crippen molar-refractivity contribution in [3.63, 3.8) is 0 Å². The highest BCUT2D eigenvalue weighted by atomic mass is 15.1. The van der Waals surface area contributed by atoms with Crippen molar-refractivity contribution in [3.8, 4) is 5.69 Å². The van der Waals surface area contributed by atoms with Crippen molar-refractivity contribution in [2.45, 2.75) is 0 Å². The lowest BCUT2D eigenvalue weighted by Crippen LogP contribution is -2.32. The average molecular weight is 439 g/mol. The van der Waals surface area contributed by atoms with Crippen molar-refractivity contribution in [2.24, 2.45) is 11.5 Å². The first-order valence-electron chi connectivity index (χ1n) is 11.4. The van der Waals surface area contributed by atoms with Gasteiger partial charge in [-0.05, 0) is 35.7 Å². The molecule has 2 heterocycles. The Kier molecular flexibility index (Phi) is 3.82. The average Bonchev–Trinajstić information content (AvgIpc) is 3.47. The van der Waals surface area contributed by atoms with E-state index in [0.717, 1.165) is 27.2 Å². The third-order valence-electron chi connectivity index (χ3n) is 6.92. The Morgan fingerprint density at radius 1 is 0.706 bits per heavy atom. The second-order valence-electron chi connectivity index (χ2n) is 8.69. The summed E-state index contributed by atoms with van der Waals surface area (Å²) in [5, 5.41) is 7.90. The smallest absolute Gasteiger partial charge is 0.116 e. The molecule has 0 spiro atoms. The number of nitrogens with two attached hydrogens (primary N) is 2. The molecule has 4 N–H and O–H groups in total. The van der Waals surface area contributed by atoms with Crippen LogP contribution in [0.2, 0.25) is 0 Å². The van der Waals surface area contributed by atoms with E-state index in [1.165, 1.54) is 32.4 Å². The van der Waals surface area contributed by atoms with Crippen molar-refractivity contribution < 1.29 is 0 Å². The standard InChI is InChI=1S/C30H22N4/c31-18-21-7-4-5-11-23(21)30(32)34-25-12-6-8-19-13-14-24-28(27(19)25)26(34)17-20-15-16-33(29(20)24)22-9-2-1-3-10-22/h1-18H,31-32H2/b21-18-,30-23+.